The van der Waals surface area contributed by atoms with Crippen molar-refractivity contribution in [3.63, 3.8) is 0 Å². The Bertz CT molecular complexity index is 1070. The molecule has 2 atom stereocenters. The summed E-state index contributed by atoms with van der Waals surface area (Å²) in [5.41, 5.74) is 1.78. The SMILES string of the molecule is CN(C(=O)OC(C)(C)C)[C@@H]1COCC(Oc2nc(-c3cnn(C)c3)cn3nccc23)C1. The van der Waals surface area contributed by atoms with Gasteiger partial charge in [0.25, 0.3) is 0 Å². The summed E-state index contributed by atoms with van der Waals surface area (Å²) in [5, 5.41) is 8.55. The van der Waals surface area contributed by atoms with Crippen molar-refractivity contribution in [3.05, 3.63) is 30.9 Å². The van der Waals surface area contributed by atoms with Crippen molar-refractivity contribution >= 4 is 11.6 Å². The molecule has 1 fully saturated rings. The molecule has 1 amide bonds. The first-order valence-electron chi connectivity index (χ1n) is 10.2. The molecular formula is C21H28N6O4. The van der Waals surface area contributed by atoms with E-state index in [1.54, 1.807) is 33.5 Å². The highest BCUT2D eigenvalue weighted by molar-refractivity contribution is 5.68. The number of aryl methyl sites for hydroxylation is 1. The zero-order valence-electron chi connectivity index (χ0n) is 18.5. The molecule has 4 heterocycles. The van der Waals surface area contributed by atoms with Crippen LogP contribution in [0.5, 0.6) is 5.88 Å². The number of ether oxygens (including phenoxy) is 3. The van der Waals surface area contributed by atoms with Crippen molar-refractivity contribution in [1.82, 2.24) is 29.3 Å². The van der Waals surface area contributed by atoms with E-state index in [0.29, 0.717) is 31.2 Å². The molecule has 1 saturated heterocycles. The Kier molecular flexibility index (Phi) is 5.57. The lowest BCUT2D eigenvalue weighted by Crippen LogP contribution is -2.49. The van der Waals surface area contributed by atoms with Crippen molar-refractivity contribution in [3.8, 4) is 17.1 Å². The van der Waals surface area contributed by atoms with E-state index in [9.17, 15) is 4.79 Å². The normalized spacial score (nSPS) is 19.4. The van der Waals surface area contributed by atoms with Gasteiger partial charge in [-0.25, -0.2) is 14.3 Å². The number of carbonyl (C=O) groups is 1. The van der Waals surface area contributed by atoms with E-state index in [4.69, 9.17) is 19.2 Å². The minimum atomic E-state index is -0.555. The van der Waals surface area contributed by atoms with Crippen LogP contribution >= 0.6 is 0 Å². The summed E-state index contributed by atoms with van der Waals surface area (Å²) in [6.45, 7) is 6.39. The molecule has 0 bridgehead atoms. The van der Waals surface area contributed by atoms with Crippen LogP contribution in [0, 0.1) is 0 Å². The first-order chi connectivity index (χ1) is 14.7. The quantitative estimate of drug-likeness (QED) is 0.630. The van der Waals surface area contributed by atoms with Crippen LogP contribution in [0.4, 0.5) is 4.79 Å². The minimum Gasteiger partial charge on any atom is -0.470 e. The van der Waals surface area contributed by atoms with E-state index in [-0.39, 0.29) is 18.2 Å². The van der Waals surface area contributed by atoms with Crippen molar-refractivity contribution in [2.24, 2.45) is 7.05 Å². The largest absolute Gasteiger partial charge is 0.470 e. The summed E-state index contributed by atoms with van der Waals surface area (Å²) in [6.07, 6.45) is 7.14. The Morgan fingerprint density at radius 2 is 2.06 bits per heavy atom. The Morgan fingerprint density at radius 1 is 1.26 bits per heavy atom. The van der Waals surface area contributed by atoms with Crippen LogP contribution in [-0.2, 0) is 16.5 Å². The molecule has 10 nitrogen and oxygen atoms in total. The van der Waals surface area contributed by atoms with Gasteiger partial charge in [-0.15, -0.1) is 0 Å². The van der Waals surface area contributed by atoms with Crippen molar-refractivity contribution in [2.45, 2.75) is 44.9 Å². The molecule has 1 unspecified atom stereocenters. The molecule has 0 radical (unpaired) electrons. The second kappa shape index (κ2) is 8.18. The minimum absolute atomic E-state index is 0.156. The average Bonchev–Trinajstić information content (AvgIpc) is 3.35. The number of hydrogen-bond donors (Lipinski definition) is 0. The number of nitrogens with zero attached hydrogens (tertiary/aromatic N) is 6. The van der Waals surface area contributed by atoms with Gasteiger partial charge in [-0.05, 0) is 26.8 Å². The van der Waals surface area contributed by atoms with Crippen LogP contribution in [-0.4, -0.2) is 73.4 Å². The van der Waals surface area contributed by atoms with E-state index in [1.165, 1.54) is 0 Å². The maximum absolute atomic E-state index is 12.4. The number of hydrogen-bond acceptors (Lipinski definition) is 7. The highest BCUT2D eigenvalue weighted by Gasteiger charge is 2.32. The lowest BCUT2D eigenvalue weighted by molar-refractivity contribution is -0.0464. The molecule has 1 aliphatic rings. The van der Waals surface area contributed by atoms with Gasteiger partial charge in [-0.2, -0.15) is 10.2 Å². The maximum Gasteiger partial charge on any atom is 0.410 e. The van der Waals surface area contributed by atoms with Crippen molar-refractivity contribution in [2.75, 3.05) is 20.3 Å². The van der Waals surface area contributed by atoms with Gasteiger partial charge < -0.3 is 19.1 Å². The smallest absolute Gasteiger partial charge is 0.410 e. The molecule has 0 aromatic carbocycles. The van der Waals surface area contributed by atoms with E-state index in [2.05, 4.69) is 10.2 Å². The molecule has 0 saturated carbocycles. The Hall–Kier alpha value is -3.14. The Labute approximate surface area is 180 Å². The molecule has 1 aliphatic heterocycles. The third kappa shape index (κ3) is 4.79. The van der Waals surface area contributed by atoms with E-state index in [0.717, 1.165) is 11.1 Å². The zero-order chi connectivity index (χ0) is 22.2. The molecule has 3 aromatic heterocycles. The van der Waals surface area contributed by atoms with Gasteiger partial charge in [0.15, 0.2) is 0 Å². The van der Waals surface area contributed by atoms with Crippen molar-refractivity contribution < 1.29 is 19.0 Å². The summed E-state index contributed by atoms with van der Waals surface area (Å²) in [5.74, 6) is 0.466. The number of aromatic nitrogens is 5. The van der Waals surface area contributed by atoms with Gasteiger partial charge in [0.2, 0.25) is 5.88 Å². The Morgan fingerprint density at radius 3 is 2.77 bits per heavy atom. The molecule has 31 heavy (non-hydrogen) atoms. The number of fused-ring (bicyclic) bond motifs is 1. The fraction of sp³-hybridized carbons (Fsp3) is 0.524. The standard InChI is InChI=1S/C21H28N6O4/c1-21(2,3)31-20(28)26(5)15-8-16(13-29-12-15)30-19-18-6-7-22-27(18)11-17(24-19)14-9-23-25(4)10-14/h6-7,9-11,15-16H,8,12-13H2,1-5H3/t15-,16?/m0/s1. The summed E-state index contributed by atoms with van der Waals surface area (Å²) in [7, 11) is 3.58. The molecular weight excluding hydrogens is 400 g/mol. The van der Waals surface area contributed by atoms with Crippen LogP contribution in [0.15, 0.2) is 30.9 Å². The van der Waals surface area contributed by atoms with Crippen molar-refractivity contribution in [1.29, 1.82) is 0 Å². The number of likely N-dealkylation sites (N-methyl/N-ethyl adjacent to an activating group) is 1. The molecule has 4 rings (SSSR count). The first-order valence-corrected chi connectivity index (χ1v) is 10.2. The highest BCUT2D eigenvalue weighted by Crippen LogP contribution is 2.26. The maximum atomic E-state index is 12.4. The number of rotatable bonds is 4. The number of amides is 1. The monoisotopic (exact) mass is 428 g/mol. The van der Waals surface area contributed by atoms with Gasteiger partial charge in [-0.1, -0.05) is 0 Å². The zero-order valence-corrected chi connectivity index (χ0v) is 18.5. The van der Waals surface area contributed by atoms with E-state index < -0.39 is 5.60 Å². The lowest BCUT2D eigenvalue weighted by Gasteiger charge is -2.35. The Balaban J connectivity index is 1.52. The topological polar surface area (TPSA) is 96.0 Å². The van der Waals surface area contributed by atoms with Gasteiger partial charge in [0, 0.05) is 32.3 Å². The predicted molar refractivity (Wildman–Crippen MR) is 113 cm³/mol. The second-order valence-corrected chi connectivity index (χ2v) is 8.75. The van der Waals surface area contributed by atoms with Gasteiger partial charge in [0.05, 0.1) is 43.5 Å². The molecule has 3 aromatic rings. The van der Waals surface area contributed by atoms with Gasteiger partial charge in [-0.3, -0.25) is 4.68 Å². The van der Waals surface area contributed by atoms with E-state index >= 15 is 0 Å². The molecule has 0 aliphatic carbocycles. The summed E-state index contributed by atoms with van der Waals surface area (Å²) in [6, 6.07) is 1.69. The molecule has 10 heteroatoms. The summed E-state index contributed by atoms with van der Waals surface area (Å²) < 4.78 is 20.9. The fourth-order valence-electron chi connectivity index (χ4n) is 3.45. The van der Waals surface area contributed by atoms with Crippen LogP contribution < -0.4 is 4.74 Å². The third-order valence-electron chi connectivity index (χ3n) is 5.01. The average molecular weight is 428 g/mol. The third-order valence-corrected chi connectivity index (χ3v) is 5.01. The molecule has 0 N–H and O–H groups in total. The van der Waals surface area contributed by atoms with Crippen LogP contribution in [0.25, 0.3) is 16.8 Å². The van der Waals surface area contributed by atoms with Gasteiger partial charge in [0.1, 0.15) is 17.2 Å². The highest BCUT2D eigenvalue weighted by atomic mass is 16.6. The van der Waals surface area contributed by atoms with Crippen LogP contribution in [0.1, 0.15) is 27.2 Å². The lowest BCUT2D eigenvalue weighted by atomic mass is 10.1. The second-order valence-electron chi connectivity index (χ2n) is 8.75. The predicted octanol–water partition coefficient (Wildman–Crippen LogP) is 2.53. The fourth-order valence-corrected chi connectivity index (χ4v) is 3.45. The first kappa shape index (κ1) is 21.1. The summed E-state index contributed by atoms with van der Waals surface area (Å²) >= 11 is 0. The van der Waals surface area contributed by atoms with Gasteiger partial charge >= 0.3 is 6.09 Å². The van der Waals surface area contributed by atoms with E-state index in [1.807, 2.05) is 46.3 Å². The molecule has 0 spiro atoms. The number of carbonyl (C=O) groups excluding carboxylic acids is 1. The molecule has 166 valence electrons. The van der Waals surface area contributed by atoms with Crippen LogP contribution in [0.3, 0.4) is 0 Å². The summed E-state index contributed by atoms with van der Waals surface area (Å²) in [4.78, 5) is 18.7. The van der Waals surface area contributed by atoms with Crippen LogP contribution in [0.2, 0.25) is 0 Å².